The number of nitrogens with one attached hydrogen (secondary N) is 1. The highest BCUT2D eigenvalue weighted by Crippen LogP contribution is 2.18. The first kappa shape index (κ1) is 14.1. The van der Waals surface area contributed by atoms with Gasteiger partial charge >= 0.3 is 0 Å². The molecule has 1 aromatic carbocycles. The fourth-order valence-corrected chi connectivity index (χ4v) is 2.21. The van der Waals surface area contributed by atoms with Gasteiger partial charge in [0.1, 0.15) is 11.4 Å². The number of hydrogen-bond acceptors (Lipinski definition) is 3. The fraction of sp³-hybridized carbons (Fsp3) is 0.176. The average Bonchev–Trinajstić information content (AvgIpc) is 2.97. The molecule has 3 rings (SSSR count). The van der Waals surface area contributed by atoms with E-state index in [1.54, 1.807) is 12.3 Å². The predicted molar refractivity (Wildman–Crippen MR) is 85.4 cm³/mol. The van der Waals surface area contributed by atoms with Crippen molar-refractivity contribution in [2.75, 3.05) is 5.32 Å². The van der Waals surface area contributed by atoms with Crippen LogP contribution in [0.3, 0.4) is 0 Å². The molecule has 0 unspecified atom stereocenters. The van der Waals surface area contributed by atoms with Gasteiger partial charge in [-0.1, -0.05) is 0 Å². The summed E-state index contributed by atoms with van der Waals surface area (Å²) in [5.41, 5.74) is 1.89. The van der Waals surface area contributed by atoms with Gasteiger partial charge in [0.25, 0.3) is 5.91 Å². The maximum atomic E-state index is 12.4. The van der Waals surface area contributed by atoms with E-state index < -0.39 is 0 Å². The molecule has 0 aliphatic heterocycles. The quantitative estimate of drug-likeness (QED) is 0.803. The number of anilines is 1. The van der Waals surface area contributed by atoms with E-state index in [9.17, 15) is 4.79 Å². The number of hydrogen-bond donors (Lipinski definition) is 1. The lowest BCUT2D eigenvalue weighted by Gasteiger charge is -2.11. The SMILES string of the molecule is CC(C)Oc1ccc(NC(=O)c2cccn3ccnc23)cc1. The number of imidazole rings is 1. The Hall–Kier alpha value is -2.82. The summed E-state index contributed by atoms with van der Waals surface area (Å²) in [4.78, 5) is 16.6. The van der Waals surface area contributed by atoms with E-state index in [4.69, 9.17) is 4.74 Å². The third-order valence-corrected chi connectivity index (χ3v) is 3.15. The molecule has 112 valence electrons. The third kappa shape index (κ3) is 2.93. The van der Waals surface area contributed by atoms with Crippen LogP contribution in [0.25, 0.3) is 5.65 Å². The third-order valence-electron chi connectivity index (χ3n) is 3.15. The molecule has 3 aromatic rings. The van der Waals surface area contributed by atoms with Crippen LogP contribution in [0.4, 0.5) is 5.69 Å². The second-order valence-corrected chi connectivity index (χ2v) is 5.23. The molecule has 0 radical (unpaired) electrons. The van der Waals surface area contributed by atoms with Crippen molar-refractivity contribution in [3.8, 4) is 5.75 Å². The van der Waals surface area contributed by atoms with Crippen LogP contribution in [0.1, 0.15) is 24.2 Å². The molecule has 2 aromatic heterocycles. The standard InChI is InChI=1S/C17H17N3O2/c1-12(2)22-14-7-5-13(6-8-14)19-17(21)15-4-3-10-20-11-9-18-16(15)20/h3-12H,1-2H3,(H,19,21). The number of carbonyl (C=O) groups excluding carboxylic acids is 1. The molecule has 0 saturated heterocycles. The van der Waals surface area contributed by atoms with Crippen LogP contribution in [-0.4, -0.2) is 21.4 Å². The number of ether oxygens (including phenoxy) is 1. The molecule has 5 heteroatoms. The number of carbonyl (C=O) groups is 1. The molecule has 0 aliphatic rings. The molecule has 1 amide bonds. The minimum absolute atomic E-state index is 0.124. The van der Waals surface area contributed by atoms with Crippen molar-refractivity contribution in [3.63, 3.8) is 0 Å². The van der Waals surface area contributed by atoms with Crippen molar-refractivity contribution in [3.05, 3.63) is 60.6 Å². The summed E-state index contributed by atoms with van der Waals surface area (Å²) in [5.74, 6) is 0.595. The zero-order chi connectivity index (χ0) is 15.5. The molecular formula is C17H17N3O2. The monoisotopic (exact) mass is 295 g/mol. The van der Waals surface area contributed by atoms with E-state index in [1.165, 1.54) is 0 Å². The van der Waals surface area contributed by atoms with E-state index in [1.807, 2.05) is 61.0 Å². The second-order valence-electron chi connectivity index (χ2n) is 5.23. The molecule has 2 heterocycles. The zero-order valence-corrected chi connectivity index (χ0v) is 12.5. The van der Waals surface area contributed by atoms with Gasteiger partial charge in [0.05, 0.1) is 11.7 Å². The molecule has 0 bridgehead atoms. The van der Waals surface area contributed by atoms with Crippen LogP contribution in [0.15, 0.2) is 55.0 Å². The molecule has 0 aliphatic carbocycles. The molecule has 22 heavy (non-hydrogen) atoms. The summed E-state index contributed by atoms with van der Waals surface area (Å²) in [6.07, 6.45) is 5.46. The van der Waals surface area contributed by atoms with E-state index in [2.05, 4.69) is 10.3 Å². The Morgan fingerprint density at radius 3 is 2.68 bits per heavy atom. The lowest BCUT2D eigenvalue weighted by molar-refractivity contribution is 0.102. The Morgan fingerprint density at radius 2 is 1.95 bits per heavy atom. The summed E-state index contributed by atoms with van der Waals surface area (Å²) in [7, 11) is 0. The van der Waals surface area contributed by atoms with Crippen LogP contribution >= 0.6 is 0 Å². The van der Waals surface area contributed by atoms with Crippen molar-refractivity contribution in [1.82, 2.24) is 9.38 Å². The van der Waals surface area contributed by atoms with Crippen molar-refractivity contribution >= 4 is 17.2 Å². The van der Waals surface area contributed by atoms with Crippen LogP contribution in [0, 0.1) is 0 Å². The van der Waals surface area contributed by atoms with E-state index in [-0.39, 0.29) is 12.0 Å². The maximum absolute atomic E-state index is 12.4. The summed E-state index contributed by atoms with van der Waals surface area (Å²) >= 11 is 0. The van der Waals surface area contributed by atoms with Crippen molar-refractivity contribution in [2.24, 2.45) is 0 Å². The number of aromatic nitrogens is 2. The second kappa shape index (κ2) is 5.89. The first-order valence-electron chi connectivity index (χ1n) is 7.13. The molecule has 0 saturated carbocycles. The summed E-state index contributed by atoms with van der Waals surface area (Å²) in [6.45, 7) is 3.95. The lowest BCUT2D eigenvalue weighted by Crippen LogP contribution is -2.13. The minimum Gasteiger partial charge on any atom is -0.491 e. The van der Waals surface area contributed by atoms with E-state index >= 15 is 0 Å². The van der Waals surface area contributed by atoms with Gasteiger partial charge in [-0.2, -0.15) is 0 Å². The van der Waals surface area contributed by atoms with Gasteiger partial charge in [0.2, 0.25) is 0 Å². The van der Waals surface area contributed by atoms with Gasteiger partial charge in [0.15, 0.2) is 0 Å². The Balaban J connectivity index is 1.78. The van der Waals surface area contributed by atoms with Crippen LogP contribution in [-0.2, 0) is 0 Å². The number of amides is 1. The first-order valence-corrected chi connectivity index (χ1v) is 7.13. The number of nitrogens with zero attached hydrogens (tertiary/aromatic N) is 2. The smallest absolute Gasteiger partial charge is 0.259 e. The first-order chi connectivity index (χ1) is 10.6. The molecular weight excluding hydrogens is 278 g/mol. The van der Waals surface area contributed by atoms with Crippen molar-refractivity contribution in [1.29, 1.82) is 0 Å². The topological polar surface area (TPSA) is 55.6 Å². The van der Waals surface area contributed by atoms with E-state index in [0.717, 1.165) is 11.4 Å². The van der Waals surface area contributed by atoms with Gasteiger partial charge < -0.3 is 14.5 Å². The molecule has 5 nitrogen and oxygen atoms in total. The summed E-state index contributed by atoms with van der Waals surface area (Å²) in [6, 6.07) is 10.9. The highest BCUT2D eigenvalue weighted by molar-refractivity contribution is 6.08. The average molecular weight is 295 g/mol. The van der Waals surface area contributed by atoms with Gasteiger partial charge in [0, 0.05) is 24.3 Å². The number of benzene rings is 1. The van der Waals surface area contributed by atoms with E-state index in [0.29, 0.717) is 11.2 Å². The van der Waals surface area contributed by atoms with Gasteiger partial charge in [-0.25, -0.2) is 4.98 Å². The van der Waals surface area contributed by atoms with Crippen molar-refractivity contribution < 1.29 is 9.53 Å². The van der Waals surface area contributed by atoms with Gasteiger partial charge in [-0.15, -0.1) is 0 Å². The summed E-state index contributed by atoms with van der Waals surface area (Å²) < 4.78 is 7.39. The Kier molecular flexibility index (Phi) is 3.78. The molecule has 1 N–H and O–H groups in total. The van der Waals surface area contributed by atoms with Gasteiger partial charge in [-0.3, -0.25) is 4.79 Å². The van der Waals surface area contributed by atoms with Crippen LogP contribution in [0.2, 0.25) is 0 Å². The van der Waals surface area contributed by atoms with Crippen molar-refractivity contribution in [2.45, 2.75) is 20.0 Å². The van der Waals surface area contributed by atoms with Crippen LogP contribution < -0.4 is 10.1 Å². The maximum Gasteiger partial charge on any atom is 0.259 e. The Labute approximate surface area is 128 Å². The largest absolute Gasteiger partial charge is 0.491 e. The number of pyridine rings is 1. The molecule has 0 spiro atoms. The minimum atomic E-state index is -0.186. The Morgan fingerprint density at radius 1 is 1.18 bits per heavy atom. The summed E-state index contributed by atoms with van der Waals surface area (Å²) in [5, 5.41) is 2.87. The molecule has 0 atom stereocenters. The number of rotatable bonds is 4. The normalized spacial score (nSPS) is 10.9. The Bertz CT molecular complexity index is 791. The molecule has 0 fully saturated rings. The zero-order valence-electron chi connectivity index (χ0n) is 12.5. The highest BCUT2D eigenvalue weighted by Gasteiger charge is 2.11. The number of fused-ring (bicyclic) bond motifs is 1. The van der Waals surface area contributed by atoms with Gasteiger partial charge in [-0.05, 0) is 50.2 Å². The highest BCUT2D eigenvalue weighted by atomic mass is 16.5. The van der Waals surface area contributed by atoms with Crippen LogP contribution in [0.5, 0.6) is 5.75 Å². The predicted octanol–water partition coefficient (Wildman–Crippen LogP) is 3.37. The fourth-order valence-electron chi connectivity index (χ4n) is 2.21. The lowest BCUT2D eigenvalue weighted by atomic mass is 10.2.